The largest absolute Gasteiger partial charge is 0.373 e. The Morgan fingerprint density at radius 1 is 1.09 bits per heavy atom. The van der Waals surface area contributed by atoms with E-state index in [1.54, 1.807) is 13.8 Å². The molecule has 1 rings (SSSR count). The van der Waals surface area contributed by atoms with Gasteiger partial charge in [0.05, 0.1) is 26.4 Å². The van der Waals surface area contributed by atoms with Crippen LogP contribution in [-0.2, 0) is 29.7 Å². The minimum atomic E-state index is -3.53. The maximum absolute atomic E-state index is 13.2. The molecule has 0 bridgehead atoms. The van der Waals surface area contributed by atoms with Crippen LogP contribution < -0.4 is 0 Å². The third-order valence-electron chi connectivity index (χ3n) is 3.41. The first-order chi connectivity index (χ1) is 11.1. The van der Waals surface area contributed by atoms with E-state index in [1.165, 1.54) is 0 Å². The molecular weight excluding hydrogens is 339 g/mol. The van der Waals surface area contributed by atoms with Gasteiger partial charge in [0.2, 0.25) is 0 Å². The molecule has 132 valence electrons. The Hall–Kier alpha value is -0.420. The summed E-state index contributed by atoms with van der Waals surface area (Å²) in [6.07, 6.45) is 0.395. The normalized spacial score (nSPS) is 14.6. The second-order valence-corrected chi connectivity index (χ2v) is 7.41. The number of benzene rings is 1. The van der Waals surface area contributed by atoms with E-state index in [4.69, 9.17) is 30.1 Å². The van der Waals surface area contributed by atoms with Crippen LogP contribution in [0.5, 0.6) is 0 Å². The molecule has 7 heteroatoms. The van der Waals surface area contributed by atoms with E-state index in [1.807, 2.05) is 37.3 Å². The number of alkyl halides is 1. The lowest BCUT2D eigenvalue weighted by molar-refractivity contribution is -0.0553. The fraction of sp³-hybridized carbons (Fsp3) is 0.625. The second-order valence-electron chi connectivity index (χ2n) is 4.86. The molecule has 0 aromatic heterocycles. The van der Waals surface area contributed by atoms with Gasteiger partial charge in [0.15, 0.2) is 5.34 Å². The fourth-order valence-electron chi connectivity index (χ4n) is 2.21. The molecule has 1 aromatic carbocycles. The van der Waals surface area contributed by atoms with Gasteiger partial charge in [-0.15, -0.1) is 0 Å². The van der Waals surface area contributed by atoms with Crippen LogP contribution in [0.4, 0.5) is 0 Å². The third-order valence-corrected chi connectivity index (χ3v) is 6.29. The van der Waals surface area contributed by atoms with E-state index in [0.29, 0.717) is 13.0 Å². The smallest absolute Gasteiger partial charge is 0.364 e. The maximum atomic E-state index is 13.2. The van der Waals surface area contributed by atoms with Gasteiger partial charge in [-0.05, 0) is 25.8 Å². The zero-order valence-electron chi connectivity index (χ0n) is 14.0. The molecule has 0 amide bonds. The van der Waals surface area contributed by atoms with Crippen LogP contribution in [0.2, 0.25) is 0 Å². The highest BCUT2D eigenvalue weighted by molar-refractivity contribution is 7.55. The maximum Gasteiger partial charge on any atom is 0.364 e. The number of halogens is 1. The predicted molar refractivity (Wildman–Crippen MR) is 91.8 cm³/mol. The lowest BCUT2D eigenvalue weighted by atomic mass is 10.2. The van der Waals surface area contributed by atoms with E-state index in [0.717, 1.165) is 5.56 Å². The molecule has 0 saturated carbocycles. The van der Waals surface area contributed by atoms with Crippen molar-refractivity contribution in [2.45, 2.75) is 39.1 Å². The van der Waals surface area contributed by atoms with Crippen molar-refractivity contribution in [3.8, 4) is 0 Å². The molecule has 1 unspecified atom stereocenters. The summed E-state index contributed by atoms with van der Waals surface area (Å²) in [5.74, 6) is 0. The van der Waals surface area contributed by atoms with Crippen LogP contribution in [0.15, 0.2) is 30.3 Å². The van der Waals surface area contributed by atoms with Crippen LogP contribution in [0.3, 0.4) is 0 Å². The summed E-state index contributed by atoms with van der Waals surface area (Å²) in [6, 6.07) is 9.61. The van der Waals surface area contributed by atoms with Gasteiger partial charge in [0, 0.05) is 0 Å². The molecule has 0 N–H and O–H groups in total. The zero-order valence-corrected chi connectivity index (χ0v) is 15.6. The van der Waals surface area contributed by atoms with Gasteiger partial charge in [-0.3, -0.25) is 4.57 Å². The summed E-state index contributed by atoms with van der Waals surface area (Å²) in [4.78, 5) is 0. The molecule has 0 aliphatic rings. The Balaban J connectivity index is 2.89. The highest BCUT2D eigenvalue weighted by atomic mass is 35.5. The average molecular weight is 365 g/mol. The molecule has 0 aliphatic heterocycles. The molecular formula is C16H26ClO5P. The lowest BCUT2D eigenvalue weighted by Gasteiger charge is -2.37. The summed E-state index contributed by atoms with van der Waals surface area (Å²) < 4.78 is 35.5. The second kappa shape index (κ2) is 10.4. The van der Waals surface area contributed by atoms with Crippen molar-refractivity contribution in [3.05, 3.63) is 35.9 Å². The minimum Gasteiger partial charge on any atom is -0.373 e. The van der Waals surface area contributed by atoms with Gasteiger partial charge in [0.1, 0.15) is 6.07 Å². The molecule has 23 heavy (non-hydrogen) atoms. The van der Waals surface area contributed by atoms with Crippen molar-refractivity contribution < 1.29 is 23.1 Å². The zero-order chi connectivity index (χ0) is 17.2. The monoisotopic (exact) mass is 364 g/mol. The molecule has 0 saturated heterocycles. The van der Waals surface area contributed by atoms with Gasteiger partial charge < -0.3 is 18.5 Å². The summed E-state index contributed by atoms with van der Waals surface area (Å²) in [7, 11) is -3.53. The Kier molecular flexibility index (Phi) is 9.37. The SMILES string of the molecule is CCOP(=O)(OCC)C(CC)(COCc1ccccc1)OCCl. The lowest BCUT2D eigenvalue weighted by Crippen LogP contribution is -2.38. The van der Waals surface area contributed by atoms with Crippen LogP contribution in [0, 0.1) is 0 Å². The number of hydrogen-bond donors (Lipinski definition) is 0. The van der Waals surface area contributed by atoms with E-state index in [-0.39, 0.29) is 25.9 Å². The highest BCUT2D eigenvalue weighted by Gasteiger charge is 2.51. The molecule has 0 spiro atoms. The first-order valence-electron chi connectivity index (χ1n) is 7.78. The molecule has 0 fully saturated rings. The van der Waals surface area contributed by atoms with Gasteiger partial charge in [-0.1, -0.05) is 48.9 Å². The quantitative estimate of drug-likeness (QED) is 0.394. The molecule has 0 heterocycles. The van der Waals surface area contributed by atoms with Gasteiger partial charge in [0.25, 0.3) is 0 Å². The first-order valence-corrected chi connectivity index (χ1v) is 9.86. The summed E-state index contributed by atoms with van der Waals surface area (Å²) in [5, 5.41) is -1.21. The summed E-state index contributed by atoms with van der Waals surface area (Å²) in [6.45, 7) is 6.33. The topological polar surface area (TPSA) is 54.0 Å². The van der Waals surface area contributed by atoms with E-state index >= 15 is 0 Å². The van der Waals surface area contributed by atoms with E-state index < -0.39 is 12.9 Å². The van der Waals surface area contributed by atoms with Crippen molar-refractivity contribution in [1.82, 2.24) is 0 Å². The van der Waals surface area contributed by atoms with Crippen LogP contribution in [0.1, 0.15) is 32.8 Å². The van der Waals surface area contributed by atoms with Gasteiger partial charge in [-0.2, -0.15) is 0 Å². The van der Waals surface area contributed by atoms with E-state index in [9.17, 15) is 4.57 Å². The van der Waals surface area contributed by atoms with Crippen molar-refractivity contribution in [2.75, 3.05) is 25.9 Å². The molecule has 5 nitrogen and oxygen atoms in total. The highest BCUT2D eigenvalue weighted by Crippen LogP contribution is 2.62. The van der Waals surface area contributed by atoms with Crippen molar-refractivity contribution in [3.63, 3.8) is 0 Å². The minimum absolute atomic E-state index is 0.0718. The Bertz CT molecular complexity index is 475. The Morgan fingerprint density at radius 2 is 1.70 bits per heavy atom. The first kappa shape index (κ1) is 20.6. The summed E-state index contributed by atoms with van der Waals surface area (Å²) in [5.41, 5.74) is 1.02. The Morgan fingerprint density at radius 3 is 2.17 bits per heavy atom. The third kappa shape index (κ3) is 5.56. The van der Waals surface area contributed by atoms with Crippen LogP contribution in [0.25, 0.3) is 0 Å². The van der Waals surface area contributed by atoms with Gasteiger partial charge in [-0.25, -0.2) is 0 Å². The van der Waals surface area contributed by atoms with E-state index in [2.05, 4.69) is 0 Å². The number of ether oxygens (including phenoxy) is 2. The fourth-order valence-corrected chi connectivity index (χ4v) is 4.58. The van der Waals surface area contributed by atoms with Gasteiger partial charge >= 0.3 is 7.60 Å². The number of rotatable bonds is 12. The van der Waals surface area contributed by atoms with Crippen molar-refractivity contribution in [2.24, 2.45) is 0 Å². The van der Waals surface area contributed by atoms with Crippen LogP contribution >= 0.6 is 19.2 Å². The summed E-state index contributed by atoms with van der Waals surface area (Å²) >= 11 is 5.76. The number of hydrogen-bond acceptors (Lipinski definition) is 5. The molecule has 1 atom stereocenters. The molecule has 0 aliphatic carbocycles. The predicted octanol–water partition coefficient (Wildman–Crippen LogP) is 4.79. The van der Waals surface area contributed by atoms with Crippen molar-refractivity contribution >= 4 is 19.2 Å². The molecule has 1 aromatic rings. The standard InChI is InChI=1S/C16H26ClO5P/c1-4-16(20-14-17,23(18,21-5-2)22-6-3)13-19-12-15-10-8-7-9-11-15/h7-11H,4-6,12-14H2,1-3H3. The Labute approximate surface area is 143 Å². The van der Waals surface area contributed by atoms with Crippen molar-refractivity contribution in [1.29, 1.82) is 0 Å². The average Bonchev–Trinajstić information content (AvgIpc) is 2.55. The molecule has 0 radical (unpaired) electrons. The van der Waals surface area contributed by atoms with Crippen LogP contribution in [-0.4, -0.2) is 31.2 Å².